The quantitative estimate of drug-likeness (QED) is 0.887. The molecule has 1 aliphatic carbocycles. The van der Waals surface area contributed by atoms with Crippen molar-refractivity contribution in [2.45, 2.75) is 64.0 Å². The van der Waals surface area contributed by atoms with Crippen LogP contribution in [0.4, 0.5) is 0 Å². The number of nitrogens with two attached hydrogens (primary N) is 1. The lowest BCUT2D eigenvalue weighted by molar-refractivity contribution is -0.0609. The summed E-state index contributed by atoms with van der Waals surface area (Å²) >= 11 is 0. The van der Waals surface area contributed by atoms with Crippen LogP contribution in [0.3, 0.4) is 0 Å². The van der Waals surface area contributed by atoms with Gasteiger partial charge < -0.3 is 15.0 Å². The number of ether oxygens (including phenoxy) is 1. The van der Waals surface area contributed by atoms with Crippen LogP contribution >= 0.6 is 0 Å². The molecule has 19 heavy (non-hydrogen) atoms. The van der Waals surface area contributed by atoms with Crippen LogP contribution < -0.4 is 5.73 Å². The Morgan fingerprint density at radius 3 is 2.74 bits per heavy atom. The third kappa shape index (κ3) is 2.98. The van der Waals surface area contributed by atoms with Crippen LogP contribution in [0.5, 0.6) is 0 Å². The highest BCUT2D eigenvalue weighted by Crippen LogP contribution is 2.40. The molecule has 1 saturated carbocycles. The predicted molar refractivity (Wildman–Crippen MR) is 72.5 cm³/mol. The third-order valence-corrected chi connectivity index (χ3v) is 4.24. The fraction of sp³-hybridized carbons (Fsp3) is 0.857. The zero-order valence-electron chi connectivity index (χ0n) is 12.2. The Morgan fingerprint density at radius 1 is 1.47 bits per heavy atom. The van der Waals surface area contributed by atoms with Gasteiger partial charge in [0.15, 0.2) is 0 Å². The number of hydrogen-bond acceptors (Lipinski definition) is 5. The van der Waals surface area contributed by atoms with E-state index >= 15 is 0 Å². The van der Waals surface area contributed by atoms with Crippen LogP contribution in [0, 0.1) is 5.92 Å². The molecule has 0 spiro atoms. The average Bonchev–Trinajstić information content (AvgIpc) is 2.91. The van der Waals surface area contributed by atoms with E-state index in [0.717, 1.165) is 44.4 Å². The van der Waals surface area contributed by atoms with E-state index in [2.05, 4.69) is 24.0 Å². The van der Waals surface area contributed by atoms with Crippen molar-refractivity contribution in [3.05, 3.63) is 11.7 Å². The van der Waals surface area contributed by atoms with Crippen molar-refractivity contribution in [1.82, 2.24) is 10.1 Å². The van der Waals surface area contributed by atoms with E-state index in [1.165, 1.54) is 0 Å². The van der Waals surface area contributed by atoms with Crippen LogP contribution in [0.2, 0.25) is 0 Å². The Labute approximate surface area is 114 Å². The van der Waals surface area contributed by atoms with Gasteiger partial charge in [0, 0.05) is 7.11 Å². The highest BCUT2D eigenvalue weighted by molar-refractivity contribution is 5.05. The number of hydrogen-bond donors (Lipinski definition) is 1. The summed E-state index contributed by atoms with van der Waals surface area (Å²) in [7, 11) is 1.73. The van der Waals surface area contributed by atoms with Gasteiger partial charge in [0.2, 0.25) is 11.7 Å². The molecule has 2 rings (SSSR count). The molecule has 5 nitrogen and oxygen atoms in total. The van der Waals surface area contributed by atoms with Crippen molar-refractivity contribution >= 4 is 0 Å². The summed E-state index contributed by atoms with van der Waals surface area (Å²) in [4.78, 5) is 4.49. The average molecular weight is 267 g/mol. The second-order valence-electron chi connectivity index (χ2n) is 5.73. The molecule has 1 aromatic heterocycles. The number of nitrogens with zero attached hydrogens (tertiary/aromatic N) is 2. The molecule has 0 amide bonds. The van der Waals surface area contributed by atoms with Gasteiger partial charge in [-0.15, -0.1) is 0 Å². The second-order valence-corrected chi connectivity index (χ2v) is 5.73. The molecule has 1 heterocycles. The van der Waals surface area contributed by atoms with Gasteiger partial charge in [-0.05, 0) is 38.0 Å². The Bertz CT molecular complexity index is 397. The molecule has 1 atom stereocenters. The maximum atomic E-state index is 6.02. The molecule has 0 aliphatic heterocycles. The van der Waals surface area contributed by atoms with Gasteiger partial charge in [0.1, 0.15) is 5.60 Å². The van der Waals surface area contributed by atoms with Crippen molar-refractivity contribution < 1.29 is 9.26 Å². The number of methoxy groups -OCH3 is 1. The Hall–Kier alpha value is -0.940. The van der Waals surface area contributed by atoms with Crippen molar-refractivity contribution in [2.24, 2.45) is 11.7 Å². The lowest BCUT2D eigenvalue weighted by atomic mass is 9.79. The van der Waals surface area contributed by atoms with E-state index in [1.807, 2.05) is 0 Å². The molecule has 5 heteroatoms. The maximum absolute atomic E-state index is 6.02. The minimum absolute atomic E-state index is 0.164. The first kappa shape index (κ1) is 14.5. The molecule has 0 saturated heterocycles. The summed E-state index contributed by atoms with van der Waals surface area (Å²) in [6.07, 6.45) is 6.04. The summed E-state index contributed by atoms with van der Waals surface area (Å²) in [6.45, 7) is 4.37. The van der Waals surface area contributed by atoms with Gasteiger partial charge in [-0.1, -0.05) is 25.4 Å². The van der Waals surface area contributed by atoms with E-state index in [9.17, 15) is 0 Å². The molecule has 0 unspecified atom stereocenters. The SMILES string of the molecule is CCC[C@H](N)c1nc(C2(OC)CCC(C)CC2)no1. The maximum Gasteiger partial charge on any atom is 0.243 e. The van der Waals surface area contributed by atoms with E-state index in [4.69, 9.17) is 15.0 Å². The lowest BCUT2D eigenvalue weighted by Gasteiger charge is -2.35. The zero-order valence-corrected chi connectivity index (χ0v) is 12.2. The van der Waals surface area contributed by atoms with Crippen LogP contribution in [0.1, 0.15) is 70.1 Å². The van der Waals surface area contributed by atoms with Gasteiger partial charge >= 0.3 is 0 Å². The van der Waals surface area contributed by atoms with Crippen LogP contribution in [-0.2, 0) is 10.3 Å². The highest BCUT2D eigenvalue weighted by Gasteiger charge is 2.40. The monoisotopic (exact) mass is 267 g/mol. The molecule has 0 radical (unpaired) electrons. The molecular formula is C14H25N3O2. The smallest absolute Gasteiger partial charge is 0.243 e. The summed E-state index contributed by atoms with van der Waals surface area (Å²) in [5.41, 5.74) is 5.64. The van der Waals surface area contributed by atoms with Gasteiger partial charge in [0.25, 0.3) is 0 Å². The molecule has 2 N–H and O–H groups in total. The van der Waals surface area contributed by atoms with Crippen molar-refractivity contribution in [3.63, 3.8) is 0 Å². The minimum atomic E-state index is -0.375. The Balaban J connectivity index is 2.15. The molecule has 0 bridgehead atoms. The van der Waals surface area contributed by atoms with Gasteiger partial charge in [-0.3, -0.25) is 0 Å². The first-order valence-corrected chi connectivity index (χ1v) is 7.26. The standard InChI is InChI=1S/C14H25N3O2/c1-4-5-11(15)12-16-13(17-19-12)14(18-3)8-6-10(2)7-9-14/h10-11H,4-9,15H2,1-3H3/t10?,11-,14?/m0/s1. The van der Waals surface area contributed by atoms with E-state index < -0.39 is 0 Å². The first-order chi connectivity index (χ1) is 9.11. The van der Waals surface area contributed by atoms with Crippen molar-refractivity contribution in [2.75, 3.05) is 7.11 Å². The highest BCUT2D eigenvalue weighted by atomic mass is 16.5. The first-order valence-electron chi connectivity index (χ1n) is 7.26. The summed E-state index contributed by atoms with van der Waals surface area (Å²) in [5, 5.41) is 4.12. The van der Waals surface area contributed by atoms with Crippen LogP contribution in [-0.4, -0.2) is 17.3 Å². The van der Waals surface area contributed by atoms with E-state index in [0.29, 0.717) is 11.7 Å². The molecule has 108 valence electrons. The normalized spacial score (nSPS) is 29.4. The second kappa shape index (κ2) is 6.01. The summed E-state index contributed by atoms with van der Waals surface area (Å²) in [5.74, 6) is 1.95. The molecule has 1 aliphatic rings. The Morgan fingerprint density at radius 2 is 2.16 bits per heavy atom. The third-order valence-electron chi connectivity index (χ3n) is 4.24. The fourth-order valence-electron chi connectivity index (χ4n) is 2.75. The van der Waals surface area contributed by atoms with Crippen LogP contribution in [0.15, 0.2) is 4.52 Å². The minimum Gasteiger partial charge on any atom is -0.370 e. The van der Waals surface area contributed by atoms with E-state index in [-0.39, 0.29) is 11.6 Å². The molecule has 1 aromatic rings. The lowest BCUT2D eigenvalue weighted by Crippen LogP contribution is -2.34. The predicted octanol–water partition coefficient (Wildman–Crippen LogP) is 2.92. The number of rotatable bonds is 5. The molecule has 0 aromatic carbocycles. The molecule has 1 fully saturated rings. The van der Waals surface area contributed by atoms with Gasteiger partial charge in [-0.25, -0.2) is 0 Å². The largest absolute Gasteiger partial charge is 0.370 e. The summed E-state index contributed by atoms with van der Waals surface area (Å²) in [6, 6.07) is -0.164. The van der Waals surface area contributed by atoms with Crippen molar-refractivity contribution in [1.29, 1.82) is 0 Å². The summed E-state index contributed by atoms with van der Waals surface area (Å²) < 4.78 is 11.1. The number of aromatic nitrogens is 2. The molecular weight excluding hydrogens is 242 g/mol. The zero-order chi connectivity index (χ0) is 13.9. The van der Waals surface area contributed by atoms with E-state index in [1.54, 1.807) is 7.11 Å². The van der Waals surface area contributed by atoms with Crippen molar-refractivity contribution in [3.8, 4) is 0 Å². The van der Waals surface area contributed by atoms with Gasteiger partial charge in [-0.2, -0.15) is 4.98 Å². The fourth-order valence-corrected chi connectivity index (χ4v) is 2.75. The van der Waals surface area contributed by atoms with Crippen LogP contribution in [0.25, 0.3) is 0 Å². The van der Waals surface area contributed by atoms with Gasteiger partial charge in [0.05, 0.1) is 6.04 Å². The topological polar surface area (TPSA) is 74.2 Å². The Kier molecular flexibility index (Phi) is 4.58.